The number of benzene rings is 2. The van der Waals surface area contributed by atoms with Crippen molar-refractivity contribution in [2.45, 2.75) is 20.0 Å². The Morgan fingerprint density at radius 1 is 1.17 bits per heavy atom. The molecular weight excluding hydrogens is 366 g/mol. The first-order valence-corrected chi connectivity index (χ1v) is 8.51. The summed E-state index contributed by atoms with van der Waals surface area (Å²) in [6.45, 7) is 3.16. The summed E-state index contributed by atoms with van der Waals surface area (Å²) in [5.41, 5.74) is 3.88. The van der Waals surface area contributed by atoms with Crippen LogP contribution in [0, 0.1) is 6.92 Å². The van der Waals surface area contributed by atoms with Crippen molar-refractivity contribution >= 4 is 21.8 Å². The molecule has 1 heterocycles. The van der Waals surface area contributed by atoms with Gasteiger partial charge >= 0.3 is 0 Å². The number of amides is 1. The van der Waals surface area contributed by atoms with E-state index >= 15 is 0 Å². The fourth-order valence-corrected chi connectivity index (χ4v) is 3.05. The van der Waals surface area contributed by atoms with E-state index in [0.717, 1.165) is 27.7 Å². The van der Waals surface area contributed by atoms with Crippen molar-refractivity contribution in [3.8, 4) is 0 Å². The van der Waals surface area contributed by atoms with Gasteiger partial charge in [-0.05, 0) is 47.9 Å². The van der Waals surface area contributed by atoms with Gasteiger partial charge in [-0.15, -0.1) is 0 Å². The average molecular weight is 384 g/mol. The molecule has 0 aliphatic carbocycles. The topological polar surface area (TPSA) is 46.9 Å². The second kappa shape index (κ2) is 7.45. The highest BCUT2D eigenvalue weighted by Gasteiger charge is 2.09. The molecule has 0 unspecified atom stereocenters. The van der Waals surface area contributed by atoms with Gasteiger partial charge < -0.3 is 5.32 Å². The van der Waals surface area contributed by atoms with E-state index in [1.165, 1.54) is 0 Å². The molecule has 2 aromatic carbocycles. The standard InChI is InChI=1S/C19H18BrN3O/c1-14-10-17(20)6-7-18(14)19(24)21-12-15-4-2-5-16(11-15)13-23-9-3-8-22-23/h2-11H,12-13H2,1H3,(H,21,24). The van der Waals surface area contributed by atoms with Crippen LogP contribution in [0.15, 0.2) is 65.4 Å². The van der Waals surface area contributed by atoms with Crippen molar-refractivity contribution in [1.82, 2.24) is 15.1 Å². The van der Waals surface area contributed by atoms with Crippen LogP contribution >= 0.6 is 15.9 Å². The molecule has 0 saturated carbocycles. The maximum atomic E-state index is 12.4. The molecule has 1 aromatic heterocycles. The minimum atomic E-state index is -0.0579. The zero-order valence-corrected chi connectivity index (χ0v) is 15.0. The van der Waals surface area contributed by atoms with Crippen molar-refractivity contribution in [2.24, 2.45) is 0 Å². The summed E-state index contributed by atoms with van der Waals surface area (Å²) < 4.78 is 2.85. The van der Waals surface area contributed by atoms with Gasteiger partial charge in [-0.2, -0.15) is 5.10 Å². The van der Waals surface area contributed by atoms with Gasteiger partial charge in [-0.3, -0.25) is 9.48 Å². The van der Waals surface area contributed by atoms with Crippen LogP contribution in [0.4, 0.5) is 0 Å². The average Bonchev–Trinajstić information content (AvgIpc) is 3.06. The second-order valence-corrected chi connectivity index (χ2v) is 6.58. The Morgan fingerprint density at radius 2 is 2.00 bits per heavy atom. The number of aromatic nitrogens is 2. The summed E-state index contributed by atoms with van der Waals surface area (Å²) in [5.74, 6) is -0.0579. The summed E-state index contributed by atoms with van der Waals surface area (Å²) in [5, 5.41) is 7.20. The minimum absolute atomic E-state index is 0.0579. The lowest BCUT2D eigenvalue weighted by molar-refractivity contribution is 0.0950. The fourth-order valence-electron chi connectivity index (χ4n) is 2.58. The molecule has 1 N–H and O–H groups in total. The molecule has 3 aromatic rings. The van der Waals surface area contributed by atoms with Gasteiger partial charge in [0, 0.05) is 29.0 Å². The lowest BCUT2D eigenvalue weighted by Gasteiger charge is -2.09. The summed E-state index contributed by atoms with van der Waals surface area (Å²) in [6.07, 6.45) is 3.70. The molecule has 0 aliphatic rings. The van der Waals surface area contributed by atoms with Gasteiger partial charge in [0.1, 0.15) is 0 Å². The number of carbonyl (C=O) groups excluding carboxylic acids is 1. The van der Waals surface area contributed by atoms with Gasteiger partial charge in [-0.1, -0.05) is 40.2 Å². The molecule has 3 rings (SSSR count). The van der Waals surface area contributed by atoms with E-state index in [9.17, 15) is 4.79 Å². The third-order valence-electron chi connectivity index (χ3n) is 3.78. The Morgan fingerprint density at radius 3 is 2.75 bits per heavy atom. The third-order valence-corrected chi connectivity index (χ3v) is 4.27. The molecular formula is C19H18BrN3O. The zero-order chi connectivity index (χ0) is 16.9. The summed E-state index contributed by atoms with van der Waals surface area (Å²) in [6, 6.07) is 15.7. The van der Waals surface area contributed by atoms with E-state index in [4.69, 9.17) is 0 Å². The smallest absolute Gasteiger partial charge is 0.251 e. The van der Waals surface area contributed by atoms with Crippen LogP contribution < -0.4 is 5.32 Å². The number of aryl methyl sites for hydroxylation is 1. The quantitative estimate of drug-likeness (QED) is 0.725. The Labute approximate surface area is 149 Å². The maximum Gasteiger partial charge on any atom is 0.251 e. The summed E-state index contributed by atoms with van der Waals surface area (Å²) in [4.78, 5) is 12.4. The highest BCUT2D eigenvalue weighted by molar-refractivity contribution is 9.10. The number of carbonyl (C=O) groups is 1. The molecule has 0 saturated heterocycles. The van der Waals surface area contributed by atoms with Crippen LogP contribution in [-0.2, 0) is 13.1 Å². The molecule has 0 atom stereocenters. The fraction of sp³-hybridized carbons (Fsp3) is 0.158. The first-order chi connectivity index (χ1) is 11.6. The number of hydrogen-bond donors (Lipinski definition) is 1. The normalized spacial score (nSPS) is 10.6. The molecule has 1 amide bonds. The number of nitrogens with zero attached hydrogens (tertiary/aromatic N) is 2. The molecule has 4 nitrogen and oxygen atoms in total. The van der Waals surface area contributed by atoms with Gasteiger partial charge in [0.15, 0.2) is 0 Å². The molecule has 122 valence electrons. The summed E-state index contributed by atoms with van der Waals surface area (Å²) in [7, 11) is 0. The molecule has 0 radical (unpaired) electrons. The van der Waals surface area contributed by atoms with E-state index in [-0.39, 0.29) is 5.91 Å². The largest absolute Gasteiger partial charge is 0.348 e. The molecule has 24 heavy (non-hydrogen) atoms. The Bertz CT molecular complexity index is 844. The summed E-state index contributed by atoms with van der Waals surface area (Å²) >= 11 is 3.41. The van der Waals surface area contributed by atoms with E-state index in [0.29, 0.717) is 12.1 Å². The van der Waals surface area contributed by atoms with Crippen molar-refractivity contribution in [1.29, 1.82) is 0 Å². The van der Waals surface area contributed by atoms with Gasteiger partial charge in [0.05, 0.1) is 6.54 Å². The third kappa shape index (κ3) is 4.11. The monoisotopic (exact) mass is 383 g/mol. The molecule has 0 aliphatic heterocycles. The van der Waals surface area contributed by atoms with Crippen LogP contribution in [-0.4, -0.2) is 15.7 Å². The van der Waals surface area contributed by atoms with E-state index in [1.54, 1.807) is 6.20 Å². The molecule has 0 spiro atoms. The Hall–Kier alpha value is -2.40. The van der Waals surface area contributed by atoms with Crippen molar-refractivity contribution in [2.75, 3.05) is 0 Å². The number of hydrogen-bond acceptors (Lipinski definition) is 2. The van der Waals surface area contributed by atoms with Crippen molar-refractivity contribution in [3.05, 3.63) is 87.7 Å². The van der Waals surface area contributed by atoms with E-state index in [2.05, 4.69) is 38.5 Å². The lowest BCUT2D eigenvalue weighted by atomic mass is 10.1. The van der Waals surface area contributed by atoms with Gasteiger partial charge in [0.25, 0.3) is 5.91 Å². The highest BCUT2D eigenvalue weighted by Crippen LogP contribution is 2.16. The van der Waals surface area contributed by atoms with Crippen molar-refractivity contribution < 1.29 is 4.79 Å². The lowest BCUT2D eigenvalue weighted by Crippen LogP contribution is -2.23. The number of halogens is 1. The van der Waals surface area contributed by atoms with E-state index in [1.807, 2.05) is 54.2 Å². The highest BCUT2D eigenvalue weighted by atomic mass is 79.9. The predicted molar refractivity (Wildman–Crippen MR) is 97.8 cm³/mol. The van der Waals surface area contributed by atoms with Crippen LogP contribution in [0.1, 0.15) is 27.0 Å². The first-order valence-electron chi connectivity index (χ1n) is 7.71. The number of rotatable bonds is 5. The van der Waals surface area contributed by atoms with Crippen LogP contribution in [0.3, 0.4) is 0 Å². The number of nitrogens with one attached hydrogen (secondary N) is 1. The minimum Gasteiger partial charge on any atom is -0.348 e. The van der Waals surface area contributed by atoms with Crippen molar-refractivity contribution in [3.63, 3.8) is 0 Å². The van der Waals surface area contributed by atoms with E-state index < -0.39 is 0 Å². The zero-order valence-electron chi connectivity index (χ0n) is 13.4. The molecule has 0 fully saturated rings. The molecule has 0 bridgehead atoms. The predicted octanol–water partition coefficient (Wildman–Crippen LogP) is 3.93. The SMILES string of the molecule is Cc1cc(Br)ccc1C(=O)NCc1cccc(Cn2cccn2)c1. The Balaban J connectivity index is 1.65. The van der Waals surface area contributed by atoms with Crippen LogP contribution in [0.5, 0.6) is 0 Å². The molecule has 5 heteroatoms. The van der Waals surface area contributed by atoms with Gasteiger partial charge in [-0.25, -0.2) is 0 Å². The first kappa shape index (κ1) is 16.5. The second-order valence-electron chi connectivity index (χ2n) is 5.67. The van der Waals surface area contributed by atoms with Crippen LogP contribution in [0.2, 0.25) is 0 Å². The maximum absolute atomic E-state index is 12.4. The Kier molecular flexibility index (Phi) is 5.11. The van der Waals surface area contributed by atoms with Gasteiger partial charge in [0.2, 0.25) is 0 Å². The van der Waals surface area contributed by atoms with Crippen LogP contribution in [0.25, 0.3) is 0 Å².